The lowest BCUT2D eigenvalue weighted by Gasteiger charge is -2.22. The molecule has 0 aliphatic heterocycles. The normalized spacial score (nSPS) is 9.67. The summed E-state index contributed by atoms with van der Waals surface area (Å²) in [7, 11) is 0. The van der Waals surface area contributed by atoms with Crippen LogP contribution in [0.4, 0.5) is 5.69 Å². The van der Waals surface area contributed by atoms with E-state index in [0.29, 0.717) is 18.7 Å². The van der Waals surface area contributed by atoms with Crippen molar-refractivity contribution in [1.82, 2.24) is 0 Å². The fraction of sp³-hybridized carbons (Fsp3) is 0.385. The summed E-state index contributed by atoms with van der Waals surface area (Å²) >= 11 is 3.35. The lowest BCUT2D eigenvalue weighted by atomic mass is 10.2. The number of rotatable bonds is 5. The van der Waals surface area contributed by atoms with E-state index in [4.69, 9.17) is 10.00 Å². The van der Waals surface area contributed by atoms with E-state index in [2.05, 4.69) is 22.0 Å². The largest absolute Gasteiger partial charge is 0.465 e. The topological polar surface area (TPSA) is 53.3 Å². The maximum atomic E-state index is 11.5. The van der Waals surface area contributed by atoms with Gasteiger partial charge in [0.1, 0.15) is 6.54 Å². The van der Waals surface area contributed by atoms with Crippen molar-refractivity contribution in [2.75, 3.05) is 24.6 Å². The molecule has 5 heteroatoms. The van der Waals surface area contributed by atoms with Gasteiger partial charge in [0.2, 0.25) is 0 Å². The molecule has 1 rings (SSSR count). The van der Waals surface area contributed by atoms with E-state index in [1.54, 1.807) is 19.1 Å². The van der Waals surface area contributed by atoms with Crippen molar-refractivity contribution in [3.8, 4) is 6.07 Å². The quantitative estimate of drug-likeness (QED) is 0.785. The van der Waals surface area contributed by atoms with Crippen molar-refractivity contribution in [2.24, 2.45) is 0 Å². The molecule has 0 aliphatic carbocycles. The maximum Gasteiger partial charge on any atom is 0.325 e. The molecule has 0 saturated carbocycles. The zero-order valence-electron chi connectivity index (χ0n) is 10.4. The van der Waals surface area contributed by atoms with Crippen molar-refractivity contribution in [2.45, 2.75) is 13.8 Å². The Balaban J connectivity index is 2.91. The van der Waals surface area contributed by atoms with E-state index < -0.39 is 0 Å². The first kappa shape index (κ1) is 14.5. The minimum atomic E-state index is -0.266. The first-order valence-corrected chi connectivity index (χ1v) is 6.51. The molecule has 0 heterocycles. The van der Waals surface area contributed by atoms with E-state index >= 15 is 0 Å². The van der Waals surface area contributed by atoms with Crippen molar-refractivity contribution >= 4 is 27.6 Å². The van der Waals surface area contributed by atoms with Crippen LogP contribution in [0.1, 0.15) is 19.4 Å². The first-order chi connectivity index (χ1) is 8.60. The Morgan fingerprint density at radius 3 is 2.72 bits per heavy atom. The molecule has 0 atom stereocenters. The Labute approximate surface area is 115 Å². The Morgan fingerprint density at radius 1 is 1.44 bits per heavy atom. The molecule has 18 heavy (non-hydrogen) atoms. The monoisotopic (exact) mass is 310 g/mol. The van der Waals surface area contributed by atoms with Gasteiger partial charge < -0.3 is 9.64 Å². The minimum absolute atomic E-state index is 0.186. The van der Waals surface area contributed by atoms with E-state index in [9.17, 15) is 4.79 Å². The van der Waals surface area contributed by atoms with E-state index in [1.165, 1.54) is 0 Å². The SMILES string of the molecule is CCOC(=O)CN(CC)c1cc(Br)cc(C#N)c1. The highest BCUT2D eigenvalue weighted by Gasteiger charge is 2.12. The molecule has 0 unspecified atom stereocenters. The van der Waals surface area contributed by atoms with Crippen molar-refractivity contribution in [3.05, 3.63) is 28.2 Å². The second-order valence-electron chi connectivity index (χ2n) is 3.63. The van der Waals surface area contributed by atoms with Crippen LogP contribution in [0.3, 0.4) is 0 Å². The van der Waals surface area contributed by atoms with Gasteiger partial charge in [0.15, 0.2) is 0 Å². The van der Waals surface area contributed by atoms with Crippen molar-refractivity contribution in [3.63, 3.8) is 0 Å². The number of carbonyl (C=O) groups is 1. The summed E-state index contributed by atoms with van der Waals surface area (Å²) < 4.78 is 5.74. The summed E-state index contributed by atoms with van der Waals surface area (Å²) in [5.74, 6) is -0.266. The zero-order valence-corrected chi connectivity index (χ0v) is 12.0. The molecule has 0 aromatic heterocycles. The van der Waals surface area contributed by atoms with Gasteiger partial charge in [-0.05, 0) is 32.0 Å². The maximum absolute atomic E-state index is 11.5. The van der Waals surface area contributed by atoms with Crippen LogP contribution in [0, 0.1) is 11.3 Å². The van der Waals surface area contributed by atoms with Crippen LogP contribution in [0.5, 0.6) is 0 Å². The number of nitrogens with zero attached hydrogens (tertiary/aromatic N) is 2. The molecule has 1 aromatic carbocycles. The zero-order chi connectivity index (χ0) is 13.5. The van der Waals surface area contributed by atoms with Gasteiger partial charge in [0, 0.05) is 16.7 Å². The minimum Gasteiger partial charge on any atom is -0.465 e. The second-order valence-corrected chi connectivity index (χ2v) is 4.54. The molecular weight excluding hydrogens is 296 g/mol. The van der Waals surface area contributed by atoms with Gasteiger partial charge in [-0.15, -0.1) is 0 Å². The summed E-state index contributed by atoms with van der Waals surface area (Å²) in [5, 5.41) is 8.93. The lowest BCUT2D eigenvalue weighted by Crippen LogP contribution is -2.30. The van der Waals surface area contributed by atoms with E-state index in [1.807, 2.05) is 17.9 Å². The molecular formula is C13H15BrN2O2. The average Bonchev–Trinajstić information content (AvgIpc) is 2.35. The molecule has 0 aliphatic rings. The summed E-state index contributed by atoms with van der Waals surface area (Å²) in [6.45, 7) is 4.96. The molecule has 0 saturated heterocycles. The number of hydrogen-bond donors (Lipinski definition) is 0. The average molecular weight is 311 g/mol. The number of anilines is 1. The summed E-state index contributed by atoms with van der Waals surface area (Å²) in [4.78, 5) is 13.3. The molecule has 96 valence electrons. The van der Waals surface area contributed by atoms with Gasteiger partial charge >= 0.3 is 5.97 Å². The number of hydrogen-bond acceptors (Lipinski definition) is 4. The standard InChI is InChI=1S/C13H15BrN2O2/c1-3-16(9-13(17)18-4-2)12-6-10(8-15)5-11(14)7-12/h5-7H,3-4,9H2,1-2H3. The molecule has 0 fully saturated rings. The molecule has 0 amide bonds. The number of ether oxygens (including phenoxy) is 1. The predicted octanol–water partition coefficient (Wildman–Crippen LogP) is 2.71. The summed E-state index contributed by atoms with van der Waals surface area (Å²) in [6.07, 6.45) is 0. The summed E-state index contributed by atoms with van der Waals surface area (Å²) in [5.41, 5.74) is 1.39. The molecule has 0 N–H and O–H groups in total. The number of nitriles is 1. The highest BCUT2D eigenvalue weighted by Crippen LogP contribution is 2.22. The fourth-order valence-corrected chi connectivity index (χ4v) is 2.05. The van der Waals surface area contributed by atoms with Gasteiger partial charge in [0.05, 0.1) is 18.2 Å². The number of likely N-dealkylation sites (N-methyl/N-ethyl adjacent to an activating group) is 1. The molecule has 0 bridgehead atoms. The van der Waals surface area contributed by atoms with Crippen LogP contribution >= 0.6 is 15.9 Å². The number of esters is 1. The van der Waals surface area contributed by atoms with Crippen molar-refractivity contribution < 1.29 is 9.53 Å². The van der Waals surface area contributed by atoms with Gasteiger partial charge in [0.25, 0.3) is 0 Å². The Bertz CT molecular complexity index is 469. The van der Waals surface area contributed by atoms with Gasteiger partial charge in [-0.2, -0.15) is 5.26 Å². The van der Waals surface area contributed by atoms with Crippen LogP contribution in [0.15, 0.2) is 22.7 Å². The molecule has 0 spiro atoms. The third kappa shape index (κ3) is 4.04. The Hall–Kier alpha value is -1.54. The highest BCUT2D eigenvalue weighted by atomic mass is 79.9. The van der Waals surface area contributed by atoms with Gasteiger partial charge in [-0.25, -0.2) is 0 Å². The highest BCUT2D eigenvalue weighted by molar-refractivity contribution is 9.10. The number of carbonyl (C=O) groups excluding carboxylic acids is 1. The number of benzene rings is 1. The van der Waals surface area contributed by atoms with Gasteiger partial charge in [-0.3, -0.25) is 4.79 Å². The van der Waals surface area contributed by atoms with E-state index in [0.717, 1.165) is 10.2 Å². The Kier molecular flexibility index (Phi) is 5.66. The van der Waals surface area contributed by atoms with Crippen molar-refractivity contribution in [1.29, 1.82) is 5.26 Å². The molecule has 4 nitrogen and oxygen atoms in total. The van der Waals surface area contributed by atoms with Crippen LogP contribution in [-0.2, 0) is 9.53 Å². The van der Waals surface area contributed by atoms with E-state index in [-0.39, 0.29) is 12.5 Å². The van der Waals surface area contributed by atoms with Gasteiger partial charge in [-0.1, -0.05) is 15.9 Å². The number of halogens is 1. The fourth-order valence-electron chi connectivity index (χ4n) is 1.57. The lowest BCUT2D eigenvalue weighted by molar-refractivity contribution is -0.141. The predicted molar refractivity (Wildman–Crippen MR) is 73.4 cm³/mol. The summed E-state index contributed by atoms with van der Waals surface area (Å²) in [6, 6.07) is 7.47. The Morgan fingerprint density at radius 2 is 2.17 bits per heavy atom. The second kappa shape index (κ2) is 7.02. The van der Waals surface area contributed by atoms with Crippen LogP contribution in [0.2, 0.25) is 0 Å². The third-order valence-electron chi connectivity index (χ3n) is 2.38. The van der Waals surface area contributed by atoms with Crippen LogP contribution in [0.25, 0.3) is 0 Å². The molecule has 1 aromatic rings. The molecule has 0 radical (unpaired) electrons. The van der Waals surface area contributed by atoms with Crippen LogP contribution in [-0.4, -0.2) is 25.7 Å². The van der Waals surface area contributed by atoms with Crippen LogP contribution < -0.4 is 4.90 Å². The smallest absolute Gasteiger partial charge is 0.325 e. The first-order valence-electron chi connectivity index (χ1n) is 5.72. The third-order valence-corrected chi connectivity index (χ3v) is 2.84.